The topological polar surface area (TPSA) is 67.9 Å². The van der Waals surface area contributed by atoms with Crippen molar-refractivity contribution in [3.8, 4) is 5.75 Å². The van der Waals surface area contributed by atoms with Crippen LogP contribution >= 0.6 is 0 Å². The third kappa shape index (κ3) is 5.43. The highest BCUT2D eigenvalue weighted by atomic mass is 16.6. The number of nitrogens with zero attached hydrogens (tertiary/aromatic N) is 1. The number of rotatable bonds is 5. The molecule has 0 atom stereocenters. The average molecular weight is 495 g/mol. The predicted octanol–water partition coefficient (Wildman–Crippen LogP) is 7.92. The van der Waals surface area contributed by atoms with Crippen molar-refractivity contribution < 1.29 is 19.1 Å². The van der Waals surface area contributed by atoms with Gasteiger partial charge in [0.2, 0.25) is 0 Å². The Hall–Kier alpha value is -4.32. The van der Waals surface area contributed by atoms with E-state index in [0.717, 1.165) is 65.1 Å². The van der Waals surface area contributed by atoms with Crippen molar-refractivity contribution in [2.75, 3.05) is 10.2 Å². The minimum absolute atomic E-state index is 0.494. The Morgan fingerprint density at radius 2 is 1.65 bits per heavy atom. The zero-order valence-electron chi connectivity index (χ0n) is 21.3. The van der Waals surface area contributed by atoms with E-state index in [9.17, 15) is 9.59 Å². The van der Waals surface area contributed by atoms with Gasteiger partial charge in [-0.3, -0.25) is 10.1 Å². The van der Waals surface area contributed by atoms with Crippen molar-refractivity contribution in [3.05, 3.63) is 95.3 Å². The first-order valence-corrected chi connectivity index (χ1v) is 12.5. The van der Waals surface area contributed by atoms with E-state index in [1.165, 1.54) is 0 Å². The molecule has 0 spiro atoms. The number of aldehydes is 1. The molecule has 0 saturated heterocycles. The van der Waals surface area contributed by atoms with Crippen LogP contribution in [0.25, 0.3) is 6.08 Å². The van der Waals surface area contributed by atoms with Gasteiger partial charge in [0.1, 0.15) is 23.4 Å². The fourth-order valence-corrected chi connectivity index (χ4v) is 4.59. The van der Waals surface area contributed by atoms with Gasteiger partial charge in [0.15, 0.2) is 0 Å². The normalized spacial score (nSPS) is 14.5. The van der Waals surface area contributed by atoms with E-state index in [1.54, 1.807) is 0 Å². The molecule has 6 heteroatoms. The molecule has 3 aromatic rings. The number of benzene rings is 3. The summed E-state index contributed by atoms with van der Waals surface area (Å²) in [6, 6.07) is 23.8. The maximum atomic E-state index is 12.2. The van der Waals surface area contributed by atoms with Crippen LogP contribution in [-0.4, -0.2) is 18.0 Å². The lowest BCUT2D eigenvalue weighted by molar-refractivity contribution is -0.105. The molecule has 0 fully saturated rings. The van der Waals surface area contributed by atoms with Gasteiger partial charge in [0.25, 0.3) is 0 Å². The molecule has 0 unspecified atom stereocenters. The van der Waals surface area contributed by atoms with E-state index in [1.807, 2.05) is 81.4 Å². The summed E-state index contributed by atoms with van der Waals surface area (Å²) in [5, 5.41) is 2.78. The SMILES string of the molecule is CC(C)(C)OC(=O)Nc1ccc(N(c2ccccc2)c2ccc3c(c2)OC2=C(C=O)CCCC2=C3)cc1. The van der Waals surface area contributed by atoms with E-state index in [2.05, 4.69) is 28.4 Å². The Morgan fingerprint density at radius 1 is 0.946 bits per heavy atom. The maximum absolute atomic E-state index is 12.2. The average Bonchev–Trinajstić information content (AvgIpc) is 2.88. The Kier molecular flexibility index (Phi) is 6.57. The Balaban J connectivity index is 1.48. The first-order chi connectivity index (χ1) is 17.8. The van der Waals surface area contributed by atoms with E-state index in [-0.39, 0.29) is 0 Å². The molecule has 1 N–H and O–H groups in total. The smallest absolute Gasteiger partial charge is 0.412 e. The molecule has 0 aromatic heterocycles. The van der Waals surface area contributed by atoms with Crippen LogP contribution in [-0.2, 0) is 9.53 Å². The summed E-state index contributed by atoms with van der Waals surface area (Å²) in [4.78, 5) is 25.9. The number of fused-ring (bicyclic) bond motifs is 2. The summed E-state index contributed by atoms with van der Waals surface area (Å²) in [6.07, 6.45) is 5.16. The Labute approximate surface area is 217 Å². The number of carbonyl (C=O) groups is 2. The van der Waals surface area contributed by atoms with Gasteiger partial charge in [-0.2, -0.15) is 0 Å². The van der Waals surface area contributed by atoms with E-state index >= 15 is 0 Å². The minimum atomic E-state index is -0.571. The molecule has 0 saturated carbocycles. The van der Waals surface area contributed by atoms with Crippen LogP contribution in [0.3, 0.4) is 0 Å². The second-order valence-corrected chi connectivity index (χ2v) is 10.2. The molecule has 37 heavy (non-hydrogen) atoms. The third-order valence-electron chi connectivity index (χ3n) is 6.20. The number of anilines is 4. The highest BCUT2D eigenvalue weighted by molar-refractivity contribution is 5.86. The molecule has 1 heterocycles. The van der Waals surface area contributed by atoms with Crippen LogP contribution in [0.5, 0.6) is 5.75 Å². The highest BCUT2D eigenvalue weighted by Gasteiger charge is 2.25. The standard InChI is InChI=1S/C31H30N2O4/c1-31(2,3)37-30(35)32-24-13-16-26(17-14-24)33(25-10-5-4-6-11-25)27-15-12-21-18-22-8-7-9-23(20-34)29(22)36-28(21)19-27/h4-6,10-20H,7-9H2,1-3H3,(H,32,35). The van der Waals surface area contributed by atoms with Crippen molar-refractivity contribution in [2.24, 2.45) is 0 Å². The summed E-state index contributed by atoms with van der Waals surface area (Å²) in [5.41, 5.74) is 5.69. The van der Waals surface area contributed by atoms with Gasteiger partial charge in [-0.05, 0) is 100 Å². The first-order valence-electron chi connectivity index (χ1n) is 12.5. The number of carbonyl (C=O) groups excluding carboxylic acids is 2. The summed E-state index contributed by atoms with van der Waals surface area (Å²) in [7, 11) is 0. The molecule has 1 aliphatic heterocycles. The van der Waals surface area contributed by atoms with E-state index in [4.69, 9.17) is 9.47 Å². The van der Waals surface area contributed by atoms with Gasteiger partial charge in [0.05, 0.1) is 0 Å². The quantitative estimate of drug-likeness (QED) is 0.365. The highest BCUT2D eigenvalue weighted by Crippen LogP contribution is 2.43. The van der Waals surface area contributed by atoms with E-state index < -0.39 is 11.7 Å². The molecule has 5 rings (SSSR count). The second kappa shape index (κ2) is 9.97. The van der Waals surface area contributed by atoms with Crippen molar-refractivity contribution >= 4 is 41.2 Å². The van der Waals surface area contributed by atoms with Gasteiger partial charge in [-0.15, -0.1) is 0 Å². The first kappa shape index (κ1) is 24.4. The van der Waals surface area contributed by atoms with Crippen LogP contribution in [0, 0.1) is 0 Å². The molecule has 3 aromatic carbocycles. The molecule has 6 nitrogen and oxygen atoms in total. The molecule has 1 amide bonds. The molecular formula is C31H30N2O4. The molecule has 0 bridgehead atoms. The number of para-hydroxylation sites is 1. The lowest BCUT2D eigenvalue weighted by atomic mass is 9.90. The van der Waals surface area contributed by atoms with Crippen molar-refractivity contribution in [2.45, 2.75) is 45.6 Å². The zero-order chi connectivity index (χ0) is 26.0. The summed E-state index contributed by atoms with van der Waals surface area (Å²) >= 11 is 0. The number of nitrogens with one attached hydrogen (secondary N) is 1. The molecule has 188 valence electrons. The van der Waals surface area contributed by atoms with Crippen molar-refractivity contribution in [3.63, 3.8) is 0 Å². The van der Waals surface area contributed by atoms with Crippen molar-refractivity contribution in [1.82, 2.24) is 0 Å². The summed E-state index contributed by atoms with van der Waals surface area (Å²) < 4.78 is 11.7. The lowest BCUT2D eigenvalue weighted by Gasteiger charge is -2.29. The van der Waals surface area contributed by atoms with Crippen LogP contribution in [0.4, 0.5) is 27.5 Å². The summed E-state index contributed by atoms with van der Waals surface area (Å²) in [6.45, 7) is 5.49. The minimum Gasteiger partial charge on any atom is -0.456 e. The predicted molar refractivity (Wildman–Crippen MR) is 147 cm³/mol. The number of hydrogen-bond acceptors (Lipinski definition) is 5. The number of allylic oxidation sites excluding steroid dienone is 2. The second-order valence-electron chi connectivity index (χ2n) is 10.2. The molecular weight excluding hydrogens is 464 g/mol. The maximum Gasteiger partial charge on any atom is 0.412 e. The largest absolute Gasteiger partial charge is 0.456 e. The van der Waals surface area contributed by atoms with Crippen LogP contribution in [0.2, 0.25) is 0 Å². The fraction of sp³-hybridized carbons (Fsp3) is 0.226. The van der Waals surface area contributed by atoms with Crippen LogP contribution in [0.15, 0.2) is 89.7 Å². The Morgan fingerprint density at radius 3 is 2.35 bits per heavy atom. The molecule has 1 aliphatic carbocycles. The molecule has 2 aliphatic rings. The van der Waals surface area contributed by atoms with Gasteiger partial charge >= 0.3 is 6.09 Å². The van der Waals surface area contributed by atoms with Crippen LogP contribution in [0.1, 0.15) is 45.6 Å². The number of amides is 1. The van der Waals surface area contributed by atoms with Gasteiger partial charge in [0, 0.05) is 40.0 Å². The molecule has 0 radical (unpaired) electrons. The monoisotopic (exact) mass is 494 g/mol. The van der Waals surface area contributed by atoms with Crippen LogP contribution < -0.4 is 15.0 Å². The Bertz CT molecular complexity index is 1380. The van der Waals surface area contributed by atoms with Crippen molar-refractivity contribution in [1.29, 1.82) is 0 Å². The van der Waals surface area contributed by atoms with Gasteiger partial charge < -0.3 is 14.4 Å². The third-order valence-corrected chi connectivity index (χ3v) is 6.20. The number of ether oxygens (including phenoxy) is 2. The van der Waals surface area contributed by atoms with E-state index in [0.29, 0.717) is 11.4 Å². The number of hydrogen-bond donors (Lipinski definition) is 1. The zero-order valence-corrected chi connectivity index (χ0v) is 21.3. The summed E-state index contributed by atoms with van der Waals surface area (Å²) in [5.74, 6) is 1.43. The lowest BCUT2D eigenvalue weighted by Crippen LogP contribution is -2.27. The van der Waals surface area contributed by atoms with Gasteiger partial charge in [-0.25, -0.2) is 4.79 Å². The fourth-order valence-electron chi connectivity index (χ4n) is 4.59. The van der Waals surface area contributed by atoms with Gasteiger partial charge in [-0.1, -0.05) is 18.2 Å².